The molecule has 21 heavy (non-hydrogen) atoms. The summed E-state index contributed by atoms with van der Waals surface area (Å²) >= 11 is 0. The molecule has 0 aliphatic rings. The molecule has 1 aromatic heterocycles. The number of ether oxygens (including phenoxy) is 1. The molecule has 0 aliphatic heterocycles. The molecule has 0 unspecified atom stereocenters. The molecule has 2 aromatic rings. The van der Waals surface area contributed by atoms with Crippen molar-refractivity contribution in [1.82, 2.24) is 9.88 Å². The number of fused-ring (bicyclic) bond motifs is 1. The first-order chi connectivity index (χ1) is 10.1. The number of hydrogen-bond acceptors (Lipinski definition) is 4. The summed E-state index contributed by atoms with van der Waals surface area (Å²) in [6, 6.07) is 9.01. The number of nitrogens with one attached hydrogen (secondary N) is 1. The van der Waals surface area contributed by atoms with Crippen LogP contribution in [-0.2, 0) is 16.1 Å². The van der Waals surface area contributed by atoms with Crippen LogP contribution < -0.4 is 16.6 Å². The number of carbonyl (C=O) groups is 1. The Balaban J connectivity index is 2.12. The third kappa shape index (κ3) is 3.61. The van der Waals surface area contributed by atoms with Crippen molar-refractivity contribution in [2.24, 2.45) is 0 Å². The molecule has 0 aliphatic carbocycles. The van der Waals surface area contributed by atoms with Gasteiger partial charge in [0.2, 0.25) is 5.91 Å². The molecule has 0 saturated carbocycles. The van der Waals surface area contributed by atoms with Crippen LogP contribution in [0.3, 0.4) is 0 Å². The summed E-state index contributed by atoms with van der Waals surface area (Å²) in [5.41, 5.74) is 5.74. The van der Waals surface area contributed by atoms with E-state index in [2.05, 4.69) is 5.32 Å². The van der Waals surface area contributed by atoms with Gasteiger partial charge in [-0.2, -0.15) is 0 Å². The van der Waals surface area contributed by atoms with Gasteiger partial charge in [-0.15, -0.1) is 0 Å². The average molecular weight is 289 g/mol. The van der Waals surface area contributed by atoms with Crippen LogP contribution in [0.25, 0.3) is 10.8 Å². The van der Waals surface area contributed by atoms with Crippen LogP contribution in [0, 0.1) is 0 Å². The zero-order valence-electron chi connectivity index (χ0n) is 12.0. The van der Waals surface area contributed by atoms with Crippen LogP contribution in [0.2, 0.25) is 0 Å². The van der Waals surface area contributed by atoms with Crippen LogP contribution in [0.15, 0.2) is 35.1 Å². The fraction of sp³-hybridized carbons (Fsp3) is 0.333. The number of aromatic nitrogens is 1. The van der Waals surface area contributed by atoms with Gasteiger partial charge in [-0.25, -0.2) is 0 Å². The average Bonchev–Trinajstić information content (AvgIpc) is 2.47. The smallest absolute Gasteiger partial charge is 0.259 e. The van der Waals surface area contributed by atoms with E-state index in [-0.39, 0.29) is 24.4 Å². The molecule has 0 spiro atoms. The van der Waals surface area contributed by atoms with E-state index < -0.39 is 0 Å². The molecule has 6 heteroatoms. The first-order valence-corrected chi connectivity index (χ1v) is 6.77. The molecule has 0 fully saturated rings. The fourth-order valence-corrected chi connectivity index (χ4v) is 2.14. The van der Waals surface area contributed by atoms with Crippen LogP contribution in [0.1, 0.15) is 6.42 Å². The Morgan fingerprint density at radius 3 is 2.90 bits per heavy atom. The van der Waals surface area contributed by atoms with Crippen LogP contribution in [0.4, 0.5) is 5.82 Å². The van der Waals surface area contributed by atoms with E-state index in [0.717, 1.165) is 5.39 Å². The Labute approximate surface area is 122 Å². The standard InChI is InChI=1S/C15H19N3O3/c1-21-9-7-17-14(19)6-8-18-13(16)10-11-4-2-3-5-12(11)15(18)20/h2-5,10H,6-9,16H2,1H3,(H,17,19). The normalized spacial score (nSPS) is 10.7. The van der Waals surface area contributed by atoms with Gasteiger partial charge in [0.05, 0.1) is 6.61 Å². The van der Waals surface area contributed by atoms with Crippen LogP contribution in [0.5, 0.6) is 0 Å². The lowest BCUT2D eigenvalue weighted by Crippen LogP contribution is -2.30. The Morgan fingerprint density at radius 1 is 1.38 bits per heavy atom. The minimum Gasteiger partial charge on any atom is -0.385 e. The van der Waals surface area contributed by atoms with E-state index >= 15 is 0 Å². The van der Waals surface area contributed by atoms with Crippen molar-refractivity contribution < 1.29 is 9.53 Å². The lowest BCUT2D eigenvalue weighted by molar-refractivity contribution is -0.121. The van der Waals surface area contributed by atoms with E-state index in [0.29, 0.717) is 24.4 Å². The third-order valence-electron chi connectivity index (χ3n) is 3.24. The zero-order chi connectivity index (χ0) is 15.2. The van der Waals surface area contributed by atoms with Crippen molar-refractivity contribution in [2.45, 2.75) is 13.0 Å². The van der Waals surface area contributed by atoms with E-state index in [9.17, 15) is 9.59 Å². The quantitative estimate of drug-likeness (QED) is 0.768. The lowest BCUT2D eigenvalue weighted by Gasteiger charge is -2.11. The topological polar surface area (TPSA) is 86.3 Å². The van der Waals surface area contributed by atoms with Crippen LogP contribution >= 0.6 is 0 Å². The van der Waals surface area contributed by atoms with Gasteiger partial charge in [-0.05, 0) is 17.5 Å². The molecular formula is C15H19N3O3. The lowest BCUT2D eigenvalue weighted by atomic mass is 10.1. The summed E-state index contributed by atoms with van der Waals surface area (Å²) in [4.78, 5) is 24.0. The fourth-order valence-electron chi connectivity index (χ4n) is 2.14. The number of nitrogen functional groups attached to an aromatic ring is 1. The molecule has 0 radical (unpaired) electrons. The summed E-state index contributed by atoms with van der Waals surface area (Å²) < 4.78 is 6.28. The molecule has 2 rings (SSSR count). The highest BCUT2D eigenvalue weighted by Gasteiger charge is 2.08. The molecule has 112 valence electrons. The van der Waals surface area contributed by atoms with E-state index in [1.807, 2.05) is 18.2 Å². The monoisotopic (exact) mass is 289 g/mol. The number of methoxy groups -OCH3 is 1. The number of nitrogens with two attached hydrogens (primary N) is 1. The number of hydrogen-bond donors (Lipinski definition) is 2. The van der Waals surface area contributed by atoms with E-state index in [4.69, 9.17) is 10.5 Å². The van der Waals surface area contributed by atoms with Crippen LogP contribution in [-0.4, -0.2) is 30.7 Å². The largest absolute Gasteiger partial charge is 0.385 e. The Hall–Kier alpha value is -2.34. The summed E-state index contributed by atoms with van der Waals surface area (Å²) in [6.07, 6.45) is 0.201. The Kier molecular flexibility index (Phi) is 4.94. The van der Waals surface area contributed by atoms with E-state index in [1.165, 1.54) is 4.57 Å². The van der Waals surface area contributed by atoms with Crippen molar-refractivity contribution in [2.75, 3.05) is 26.0 Å². The number of benzene rings is 1. The van der Waals surface area contributed by atoms with Gasteiger partial charge < -0.3 is 15.8 Å². The van der Waals surface area contributed by atoms with Gasteiger partial charge in [0.25, 0.3) is 5.56 Å². The van der Waals surface area contributed by atoms with Crippen molar-refractivity contribution in [3.63, 3.8) is 0 Å². The molecular weight excluding hydrogens is 270 g/mol. The minimum absolute atomic E-state index is 0.133. The number of amides is 1. The number of carbonyl (C=O) groups excluding carboxylic acids is 1. The van der Waals surface area contributed by atoms with Gasteiger partial charge in [-0.1, -0.05) is 18.2 Å². The maximum absolute atomic E-state index is 12.4. The second-order valence-corrected chi connectivity index (χ2v) is 4.71. The SMILES string of the molecule is COCCNC(=O)CCn1c(N)cc2ccccc2c1=O. The summed E-state index contributed by atoms with van der Waals surface area (Å²) in [6.45, 7) is 1.18. The highest BCUT2D eigenvalue weighted by atomic mass is 16.5. The summed E-state index contributed by atoms with van der Waals surface area (Å²) in [7, 11) is 1.57. The Morgan fingerprint density at radius 2 is 2.14 bits per heavy atom. The first kappa shape index (κ1) is 15.1. The second kappa shape index (κ2) is 6.90. The number of nitrogens with zero attached hydrogens (tertiary/aromatic N) is 1. The van der Waals surface area contributed by atoms with Gasteiger partial charge in [-0.3, -0.25) is 14.2 Å². The molecule has 6 nitrogen and oxygen atoms in total. The summed E-state index contributed by atoms with van der Waals surface area (Å²) in [5.74, 6) is 0.231. The van der Waals surface area contributed by atoms with Crippen molar-refractivity contribution in [3.05, 3.63) is 40.7 Å². The molecule has 0 saturated heterocycles. The maximum atomic E-state index is 12.4. The molecule has 1 amide bonds. The van der Waals surface area contributed by atoms with Gasteiger partial charge in [0.1, 0.15) is 5.82 Å². The number of rotatable bonds is 6. The van der Waals surface area contributed by atoms with Crippen molar-refractivity contribution >= 4 is 22.5 Å². The summed E-state index contributed by atoms with van der Waals surface area (Å²) in [5, 5.41) is 4.12. The molecule has 3 N–H and O–H groups in total. The molecule has 1 aromatic carbocycles. The number of pyridine rings is 1. The van der Waals surface area contributed by atoms with Gasteiger partial charge in [0, 0.05) is 32.0 Å². The highest BCUT2D eigenvalue weighted by molar-refractivity contribution is 5.83. The second-order valence-electron chi connectivity index (χ2n) is 4.71. The minimum atomic E-state index is -0.171. The van der Waals surface area contributed by atoms with Crippen molar-refractivity contribution in [3.8, 4) is 0 Å². The number of anilines is 1. The van der Waals surface area contributed by atoms with E-state index in [1.54, 1.807) is 19.2 Å². The molecule has 1 heterocycles. The van der Waals surface area contributed by atoms with Gasteiger partial charge >= 0.3 is 0 Å². The maximum Gasteiger partial charge on any atom is 0.259 e. The van der Waals surface area contributed by atoms with Crippen molar-refractivity contribution in [1.29, 1.82) is 0 Å². The highest BCUT2D eigenvalue weighted by Crippen LogP contribution is 2.13. The first-order valence-electron chi connectivity index (χ1n) is 6.77. The predicted molar refractivity (Wildman–Crippen MR) is 82.1 cm³/mol. The third-order valence-corrected chi connectivity index (χ3v) is 3.24. The molecule has 0 atom stereocenters. The van der Waals surface area contributed by atoms with Gasteiger partial charge in [0.15, 0.2) is 0 Å². The predicted octanol–water partition coefficient (Wildman–Crippen LogP) is 0.736. The molecule has 0 bridgehead atoms. The zero-order valence-corrected chi connectivity index (χ0v) is 12.0. The Bertz CT molecular complexity index is 694.